The van der Waals surface area contributed by atoms with E-state index in [0.717, 1.165) is 60.5 Å². The molecule has 8 rings (SSSR count). The molecule has 6 heterocycles. The molecule has 0 radical (unpaired) electrons. The molecule has 0 amide bonds. The van der Waals surface area contributed by atoms with Crippen molar-refractivity contribution in [2.45, 2.75) is 26.7 Å². The number of benzene rings is 2. The summed E-state index contributed by atoms with van der Waals surface area (Å²) in [7, 11) is 0. The fourth-order valence-electron chi connectivity index (χ4n) is 5.59. The van der Waals surface area contributed by atoms with Crippen LogP contribution in [0.1, 0.15) is 31.0 Å². The molecule has 208 valence electrons. The third-order valence-corrected chi connectivity index (χ3v) is 8.93. The van der Waals surface area contributed by atoms with Gasteiger partial charge in [0.25, 0.3) is 0 Å². The lowest BCUT2D eigenvalue weighted by Crippen LogP contribution is -1.97. The first-order valence-corrected chi connectivity index (χ1v) is 15.1. The van der Waals surface area contributed by atoms with Crippen LogP contribution in [0.5, 0.6) is 11.8 Å². The van der Waals surface area contributed by atoms with Crippen molar-refractivity contribution in [1.29, 1.82) is 0 Å². The third kappa shape index (κ3) is 4.40. The van der Waals surface area contributed by atoms with E-state index in [4.69, 9.17) is 24.1 Å². The molecule has 0 fully saturated rings. The highest BCUT2D eigenvalue weighted by Gasteiger charge is 2.17. The molecule has 0 saturated heterocycles. The van der Waals surface area contributed by atoms with Gasteiger partial charge in [-0.25, -0.2) is 15.0 Å². The lowest BCUT2D eigenvalue weighted by molar-refractivity contribution is 0.445. The molecule has 0 spiro atoms. The fraction of sp³-hybridized carbons (Fsp3) is 0.111. The van der Waals surface area contributed by atoms with Gasteiger partial charge in [-0.15, -0.1) is 11.3 Å². The van der Waals surface area contributed by atoms with Crippen molar-refractivity contribution < 1.29 is 9.15 Å². The first kappa shape index (κ1) is 25.6. The lowest BCUT2D eigenvalue weighted by atomic mass is 10.0. The number of aromatic nitrogens is 4. The summed E-state index contributed by atoms with van der Waals surface area (Å²) in [5.41, 5.74) is 7.32. The Morgan fingerprint density at radius 1 is 0.721 bits per heavy atom. The minimum absolute atomic E-state index is 0.287. The number of hydrogen-bond donors (Lipinski definition) is 0. The van der Waals surface area contributed by atoms with Crippen molar-refractivity contribution in [1.82, 2.24) is 19.9 Å². The number of thiophene rings is 1. The van der Waals surface area contributed by atoms with Crippen molar-refractivity contribution in [2.24, 2.45) is 0 Å². The summed E-state index contributed by atoms with van der Waals surface area (Å²) in [6, 6.07) is 28.5. The molecule has 2 aromatic carbocycles. The maximum absolute atomic E-state index is 6.38. The molecule has 0 bridgehead atoms. The summed E-state index contributed by atoms with van der Waals surface area (Å²) in [5.74, 6) is 1.26. The van der Waals surface area contributed by atoms with Crippen molar-refractivity contribution in [2.75, 3.05) is 0 Å². The van der Waals surface area contributed by atoms with E-state index in [2.05, 4.69) is 55.2 Å². The average Bonchev–Trinajstić information content (AvgIpc) is 3.59. The summed E-state index contributed by atoms with van der Waals surface area (Å²) < 4.78 is 13.8. The van der Waals surface area contributed by atoms with Gasteiger partial charge in [0.05, 0.1) is 11.4 Å². The molecule has 0 aliphatic rings. The number of hydrogen-bond acceptors (Lipinski definition) is 7. The molecule has 7 heteroatoms. The van der Waals surface area contributed by atoms with Crippen molar-refractivity contribution in [3.63, 3.8) is 0 Å². The molecule has 8 aromatic rings. The zero-order chi connectivity index (χ0) is 29.1. The van der Waals surface area contributed by atoms with E-state index < -0.39 is 0 Å². The molecule has 6 nitrogen and oxygen atoms in total. The molecule has 0 N–H and O–H groups in total. The van der Waals surface area contributed by atoms with Crippen molar-refractivity contribution in [3.8, 4) is 34.3 Å². The number of para-hydroxylation sites is 1. The Bertz CT molecular complexity index is 2340. The van der Waals surface area contributed by atoms with Crippen LogP contribution in [0.2, 0.25) is 0 Å². The monoisotopic (exact) mass is 578 g/mol. The summed E-state index contributed by atoms with van der Waals surface area (Å²) in [6.07, 6.45) is 3.57. The molecular weight excluding hydrogens is 552 g/mol. The Morgan fingerprint density at radius 3 is 2.42 bits per heavy atom. The van der Waals surface area contributed by atoms with Gasteiger partial charge in [0.15, 0.2) is 0 Å². The Balaban J connectivity index is 1.21. The zero-order valence-electron chi connectivity index (χ0n) is 23.8. The van der Waals surface area contributed by atoms with Crippen LogP contribution in [0.4, 0.5) is 0 Å². The van der Waals surface area contributed by atoms with Crippen molar-refractivity contribution >= 4 is 53.6 Å². The quantitative estimate of drug-likeness (QED) is 0.202. The highest BCUT2D eigenvalue weighted by atomic mass is 32.1. The SMILES string of the molecule is Cc1ccc2c(n1)sc1c(-c3cc(C(C)C)cc(Oc4cccc(-c5cccc6c5oc5ccncc56)n4)n3)cccc12. The predicted octanol–water partition coefficient (Wildman–Crippen LogP) is 10.1. The first-order chi connectivity index (χ1) is 21.0. The van der Waals surface area contributed by atoms with Gasteiger partial charge in [-0.05, 0) is 54.8 Å². The van der Waals surface area contributed by atoms with E-state index in [1.807, 2.05) is 61.7 Å². The Morgan fingerprint density at radius 2 is 1.53 bits per heavy atom. The molecule has 0 atom stereocenters. The van der Waals surface area contributed by atoms with Gasteiger partial charge < -0.3 is 9.15 Å². The van der Waals surface area contributed by atoms with E-state index in [1.54, 1.807) is 17.5 Å². The van der Waals surface area contributed by atoms with E-state index in [1.165, 1.54) is 15.5 Å². The van der Waals surface area contributed by atoms with Crippen LogP contribution in [0.15, 0.2) is 102 Å². The van der Waals surface area contributed by atoms with E-state index in [-0.39, 0.29) is 5.92 Å². The van der Waals surface area contributed by atoms with Crippen LogP contribution in [-0.4, -0.2) is 19.9 Å². The van der Waals surface area contributed by atoms with E-state index >= 15 is 0 Å². The molecule has 0 unspecified atom stereocenters. The van der Waals surface area contributed by atoms with Crippen LogP contribution in [0.3, 0.4) is 0 Å². The molecule has 6 aromatic heterocycles. The summed E-state index contributed by atoms with van der Waals surface area (Å²) in [6.45, 7) is 6.38. The largest absolute Gasteiger partial charge is 0.455 e. The van der Waals surface area contributed by atoms with Gasteiger partial charge in [0, 0.05) is 67.6 Å². The number of nitrogens with zero attached hydrogens (tertiary/aromatic N) is 4. The van der Waals surface area contributed by atoms with Gasteiger partial charge in [-0.2, -0.15) is 0 Å². The number of rotatable bonds is 5. The topological polar surface area (TPSA) is 73.9 Å². The second-order valence-electron chi connectivity index (χ2n) is 11.0. The van der Waals surface area contributed by atoms with Crippen LogP contribution >= 0.6 is 11.3 Å². The van der Waals surface area contributed by atoms with E-state index in [9.17, 15) is 0 Å². The van der Waals surface area contributed by atoms with Crippen LogP contribution < -0.4 is 4.74 Å². The normalized spacial score (nSPS) is 11.8. The number of furan rings is 1. The lowest BCUT2D eigenvalue weighted by Gasteiger charge is -2.13. The second-order valence-corrected chi connectivity index (χ2v) is 12.0. The maximum atomic E-state index is 6.38. The molecule has 43 heavy (non-hydrogen) atoms. The molecule has 0 aliphatic heterocycles. The number of pyridine rings is 4. The smallest absolute Gasteiger partial charge is 0.222 e. The fourth-order valence-corrected chi connectivity index (χ4v) is 6.84. The first-order valence-electron chi connectivity index (χ1n) is 14.2. The Hall–Kier alpha value is -5.14. The Labute approximate surface area is 251 Å². The predicted molar refractivity (Wildman–Crippen MR) is 174 cm³/mol. The minimum atomic E-state index is 0.287. The number of fused-ring (bicyclic) bond motifs is 6. The summed E-state index contributed by atoms with van der Waals surface area (Å²) in [4.78, 5) is 20.0. The molecule has 0 aliphatic carbocycles. The van der Waals surface area contributed by atoms with Gasteiger partial charge in [-0.3, -0.25) is 4.98 Å². The Kier molecular flexibility index (Phi) is 5.94. The zero-order valence-corrected chi connectivity index (χ0v) is 24.6. The highest BCUT2D eigenvalue weighted by molar-refractivity contribution is 7.26. The maximum Gasteiger partial charge on any atom is 0.222 e. The second kappa shape index (κ2) is 10.00. The van der Waals surface area contributed by atoms with Gasteiger partial charge in [-0.1, -0.05) is 50.2 Å². The van der Waals surface area contributed by atoms with Crippen LogP contribution in [0, 0.1) is 6.92 Å². The van der Waals surface area contributed by atoms with E-state index in [0.29, 0.717) is 11.8 Å². The average molecular weight is 579 g/mol. The third-order valence-electron chi connectivity index (χ3n) is 7.78. The summed E-state index contributed by atoms with van der Waals surface area (Å²) >= 11 is 1.71. The van der Waals surface area contributed by atoms with Gasteiger partial charge >= 0.3 is 0 Å². The standard InChI is InChI=1S/C36H26N4O2S/c1-20(2)22-17-30(27-10-5-8-24-25-14-13-21(3)38-36(25)43-35(24)27)40-33(18-22)42-32-12-6-11-29(39-32)26-9-4-7-23-28-19-37-16-15-31(28)41-34(23)26/h4-20H,1-3H3. The van der Waals surface area contributed by atoms with Crippen LogP contribution in [-0.2, 0) is 0 Å². The highest BCUT2D eigenvalue weighted by Crippen LogP contribution is 2.40. The van der Waals surface area contributed by atoms with Gasteiger partial charge in [0.2, 0.25) is 11.8 Å². The number of aryl methyl sites for hydroxylation is 1. The number of ether oxygens (including phenoxy) is 1. The van der Waals surface area contributed by atoms with Crippen LogP contribution in [0.25, 0.3) is 64.8 Å². The van der Waals surface area contributed by atoms with Crippen molar-refractivity contribution in [3.05, 3.63) is 109 Å². The molecular formula is C36H26N4O2S. The molecule has 0 saturated carbocycles. The minimum Gasteiger partial charge on any atom is -0.455 e. The van der Waals surface area contributed by atoms with Gasteiger partial charge in [0.1, 0.15) is 16.0 Å². The summed E-state index contributed by atoms with van der Waals surface area (Å²) in [5, 5.41) is 4.34.